The third-order valence-corrected chi connectivity index (χ3v) is 2.17. The number of pyridine rings is 1. The summed E-state index contributed by atoms with van der Waals surface area (Å²) in [5.41, 5.74) is 7.85. The number of aryl methyl sites for hydroxylation is 1. The maximum absolute atomic E-state index is 8.76. The van der Waals surface area contributed by atoms with Gasteiger partial charge in [0.15, 0.2) is 0 Å². The normalized spacial score (nSPS) is 12.6. The highest BCUT2D eigenvalue weighted by molar-refractivity contribution is 5.30. The molecule has 0 radical (unpaired) electrons. The zero-order valence-electron chi connectivity index (χ0n) is 8.53. The zero-order valence-corrected chi connectivity index (χ0v) is 8.53. The van der Waals surface area contributed by atoms with Gasteiger partial charge in [-0.2, -0.15) is 0 Å². The Hall–Kier alpha value is -1.13. The third-order valence-electron chi connectivity index (χ3n) is 2.17. The van der Waals surface area contributed by atoms with E-state index in [4.69, 9.17) is 15.6 Å². The van der Waals surface area contributed by atoms with Gasteiger partial charge in [0.25, 0.3) is 0 Å². The SMILES string of the molecule is COc1cc(C)c([C@@H](N)CCO)cn1. The van der Waals surface area contributed by atoms with Gasteiger partial charge in [-0.15, -0.1) is 0 Å². The van der Waals surface area contributed by atoms with Gasteiger partial charge in [-0.05, 0) is 24.5 Å². The lowest BCUT2D eigenvalue weighted by molar-refractivity contribution is 0.276. The first-order valence-corrected chi connectivity index (χ1v) is 4.56. The van der Waals surface area contributed by atoms with Crippen molar-refractivity contribution in [2.24, 2.45) is 5.73 Å². The Morgan fingerprint density at radius 3 is 2.86 bits per heavy atom. The molecule has 0 unspecified atom stereocenters. The first-order valence-electron chi connectivity index (χ1n) is 4.56. The van der Waals surface area contributed by atoms with Crippen LogP contribution < -0.4 is 10.5 Å². The second-order valence-corrected chi connectivity index (χ2v) is 3.20. The van der Waals surface area contributed by atoms with Crippen LogP contribution in [0.3, 0.4) is 0 Å². The lowest BCUT2D eigenvalue weighted by Gasteiger charge is -2.13. The molecule has 0 aliphatic heterocycles. The number of nitrogens with two attached hydrogens (primary N) is 1. The van der Waals surface area contributed by atoms with Gasteiger partial charge in [-0.1, -0.05) is 0 Å². The number of nitrogens with zero attached hydrogens (tertiary/aromatic N) is 1. The zero-order chi connectivity index (χ0) is 10.6. The fourth-order valence-electron chi connectivity index (χ4n) is 1.34. The molecule has 4 nitrogen and oxygen atoms in total. The summed E-state index contributed by atoms with van der Waals surface area (Å²) in [6.45, 7) is 2.05. The van der Waals surface area contributed by atoms with E-state index in [-0.39, 0.29) is 12.6 Å². The lowest BCUT2D eigenvalue weighted by atomic mass is 10.0. The summed E-state index contributed by atoms with van der Waals surface area (Å²) in [4.78, 5) is 4.08. The molecule has 0 saturated heterocycles. The van der Waals surface area contributed by atoms with Gasteiger partial charge in [0.1, 0.15) is 0 Å². The van der Waals surface area contributed by atoms with Crippen LogP contribution in [-0.4, -0.2) is 23.8 Å². The van der Waals surface area contributed by atoms with E-state index in [1.807, 2.05) is 13.0 Å². The van der Waals surface area contributed by atoms with Gasteiger partial charge in [0, 0.05) is 24.9 Å². The topological polar surface area (TPSA) is 68.4 Å². The van der Waals surface area contributed by atoms with Crippen LogP contribution in [0.5, 0.6) is 5.88 Å². The van der Waals surface area contributed by atoms with Crippen LogP contribution in [0.25, 0.3) is 0 Å². The van der Waals surface area contributed by atoms with Gasteiger partial charge < -0.3 is 15.6 Å². The molecule has 1 heterocycles. The molecule has 1 atom stereocenters. The Bertz CT molecular complexity index is 302. The Kier molecular flexibility index (Phi) is 3.85. The molecule has 0 fully saturated rings. The van der Waals surface area contributed by atoms with Crippen molar-refractivity contribution in [2.45, 2.75) is 19.4 Å². The molecule has 1 aromatic rings. The summed E-state index contributed by atoms with van der Waals surface area (Å²) in [5.74, 6) is 0.586. The van der Waals surface area contributed by atoms with Crippen LogP contribution >= 0.6 is 0 Å². The molecule has 0 bridgehead atoms. The molecule has 1 aromatic heterocycles. The highest BCUT2D eigenvalue weighted by Crippen LogP contribution is 2.20. The fourth-order valence-corrected chi connectivity index (χ4v) is 1.34. The van der Waals surface area contributed by atoms with Crippen molar-refractivity contribution in [3.8, 4) is 5.88 Å². The number of aliphatic hydroxyl groups is 1. The van der Waals surface area contributed by atoms with E-state index in [1.165, 1.54) is 0 Å². The minimum atomic E-state index is -0.154. The van der Waals surface area contributed by atoms with Crippen LogP contribution in [0, 0.1) is 6.92 Å². The number of methoxy groups -OCH3 is 1. The fraction of sp³-hybridized carbons (Fsp3) is 0.500. The van der Waals surface area contributed by atoms with Crippen molar-refractivity contribution in [2.75, 3.05) is 13.7 Å². The van der Waals surface area contributed by atoms with E-state index in [0.717, 1.165) is 11.1 Å². The number of aliphatic hydroxyl groups excluding tert-OH is 1. The summed E-state index contributed by atoms with van der Waals surface area (Å²) < 4.78 is 4.99. The Labute approximate surface area is 83.7 Å². The first kappa shape index (κ1) is 10.9. The second kappa shape index (κ2) is 4.93. The molecule has 4 heteroatoms. The van der Waals surface area contributed by atoms with E-state index >= 15 is 0 Å². The van der Waals surface area contributed by atoms with Crippen LogP contribution in [0.2, 0.25) is 0 Å². The van der Waals surface area contributed by atoms with E-state index in [0.29, 0.717) is 12.3 Å². The number of ether oxygens (including phenoxy) is 1. The summed E-state index contributed by atoms with van der Waals surface area (Å²) in [5, 5.41) is 8.76. The minimum absolute atomic E-state index is 0.0899. The van der Waals surface area contributed by atoms with Crippen molar-refractivity contribution in [3.63, 3.8) is 0 Å². The molecule has 1 rings (SSSR count). The lowest BCUT2D eigenvalue weighted by Crippen LogP contribution is -2.13. The summed E-state index contributed by atoms with van der Waals surface area (Å²) in [7, 11) is 1.58. The Balaban J connectivity index is 2.88. The van der Waals surface area contributed by atoms with Crippen molar-refractivity contribution in [1.82, 2.24) is 4.98 Å². The van der Waals surface area contributed by atoms with Crippen LogP contribution in [0.15, 0.2) is 12.3 Å². The number of rotatable bonds is 4. The van der Waals surface area contributed by atoms with Crippen molar-refractivity contribution >= 4 is 0 Å². The average Bonchev–Trinajstić information content (AvgIpc) is 2.17. The van der Waals surface area contributed by atoms with Crippen molar-refractivity contribution in [3.05, 3.63) is 23.4 Å². The van der Waals surface area contributed by atoms with Crippen LogP contribution in [-0.2, 0) is 0 Å². The molecule has 14 heavy (non-hydrogen) atoms. The van der Waals surface area contributed by atoms with E-state index in [9.17, 15) is 0 Å². The van der Waals surface area contributed by atoms with E-state index in [1.54, 1.807) is 13.3 Å². The Morgan fingerprint density at radius 1 is 1.64 bits per heavy atom. The standard InChI is InChI=1S/C10H16N2O2/c1-7-5-10(14-2)12-6-8(7)9(11)3-4-13/h5-6,9,13H,3-4,11H2,1-2H3/t9-/m0/s1. The summed E-state index contributed by atoms with van der Waals surface area (Å²) in [6.07, 6.45) is 2.25. The summed E-state index contributed by atoms with van der Waals surface area (Å²) >= 11 is 0. The van der Waals surface area contributed by atoms with Crippen molar-refractivity contribution < 1.29 is 9.84 Å². The molecule has 0 saturated carbocycles. The molecule has 0 spiro atoms. The van der Waals surface area contributed by atoms with Gasteiger partial charge in [0.05, 0.1) is 7.11 Å². The maximum Gasteiger partial charge on any atom is 0.213 e. The number of hydrogen-bond acceptors (Lipinski definition) is 4. The van der Waals surface area contributed by atoms with Gasteiger partial charge in [-0.25, -0.2) is 4.98 Å². The average molecular weight is 196 g/mol. The van der Waals surface area contributed by atoms with Crippen molar-refractivity contribution in [1.29, 1.82) is 0 Å². The highest BCUT2D eigenvalue weighted by atomic mass is 16.5. The molecule has 0 aliphatic rings. The van der Waals surface area contributed by atoms with E-state index < -0.39 is 0 Å². The summed E-state index contributed by atoms with van der Waals surface area (Å²) in [6, 6.07) is 1.69. The minimum Gasteiger partial charge on any atom is -0.481 e. The van der Waals surface area contributed by atoms with Gasteiger partial charge in [0.2, 0.25) is 5.88 Å². The maximum atomic E-state index is 8.76. The van der Waals surface area contributed by atoms with Crippen LogP contribution in [0.4, 0.5) is 0 Å². The molecule has 0 aromatic carbocycles. The Morgan fingerprint density at radius 2 is 2.36 bits per heavy atom. The molecular formula is C10H16N2O2. The molecule has 0 aliphatic carbocycles. The second-order valence-electron chi connectivity index (χ2n) is 3.20. The molecule has 3 N–H and O–H groups in total. The largest absolute Gasteiger partial charge is 0.481 e. The van der Waals surface area contributed by atoms with Gasteiger partial charge >= 0.3 is 0 Å². The molecular weight excluding hydrogens is 180 g/mol. The number of hydrogen-bond donors (Lipinski definition) is 2. The van der Waals surface area contributed by atoms with Crippen LogP contribution in [0.1, 0.15) is 23.6 Å². The predicted molar refractivity (Wildman–Crippen MR) is 54.2 cm³/mol. The smallest absolute Gasteiger partial charge is 0.213 e. The number of aromatic nitrogens is 1. The van der Waals surface area contributed by atoms with Gasteiger partial charge in [-0.3, -0.25) is 0 Å². The molecule has 0 amide bonds. The first-order chi connectivity index (χ1) is 6.69. The monoisotopic (exact) mass is 196 g/mol. The third kappa shape index (κ3) is 2.43. The molecule has 78 valence electrons. The van der Waals surface area contributed by atoms with E-state index in [2.05, 4.69) is 4.98 Å². The highest BCUT2D eigenvalue weighted by Gasteiger charge is 2.09. The predicted octanol–water partition coefficient (Wildman–Crippen LogP) is 0.781. The quantitative estimate of drug-likeness (QED) is 0.746.